The van der Waals surface area contributed by atoms with Gasteiger partial charge in [-0.2, -0.15) is 0 Å². The molecule has 0 atom stereocenters. The summed E-state index contributed by atoms with van der Waals surface area (Å²) in [6, 6.07) is 0.540. The van der Waals surface area contributed by atoms with Gasteiger partial charge in [-0.1, -0.05) is 20.3 Å². The summed E-state index contributed by atoms with van der Waals surface area (Å²) >= 11 is 0. The molecule has 0 aromatic rings. The molecule has 0 aromatic heterocycles. The number of nitrogens with one attached hydrogen (secondary N) is 8. The van der Waals surface area contributed by atoms with Crippen LogP contribution in [0.2, 0.25) is 0 Å². The molecular weight excluding hydrogens is 418 g/mol. The molecule has 0 saturated carbocycles. The summed E-state index contributed by atoms with van der Waals surface area (Å²) in [6.45, 7) is 18.1. The summed E-state index contributed by atoms with van der Waals surface area (Å²) in [7, 11) is 0. The molecule has 0 unspecified atom stereocenters. The minimum Gasteiger partial charge on any atom is -0.355 e. The first-order valence-electron chi connectivity index (χ1n) is 13.1. The highest BCUT2D eigenvalue weighted by molar-refractivity contribution is 5.75. The van der Waals surface area contributed by atoms with Crippen molar-refractivity contribution in [2.75, 3.05) is 98.2 Å². The Balaban J connectivity index is 3.12. The van der Waals surface area contributed by atoms with Crippen molar-refractivity contribution < 1.29 is 4.79 Å². The van der Waals surface area contributed by atoms with Crippen molar-refractivity contribution in [2.45, 2.75) is 45.6 Å². The van der Waals surface area contributed by atoms with Gasteiger partial charge < -0.3 is 48.3 Å². The summed E-state index contributed by atoms with van der Waals surface area (Å²) < 4.78 is 0. The van der Waals surface area contributed by atoms with Gasteiger partial charge in [0.15, 0.2) is 0 Å². The second-order valence-electron chi connectivity index (χ2n) is 8.56. The van der Waals surface area contributed by atoms with Gasteiger partial charge in [0.05, 0.1) is 0 Å². The van der Waals surface area contributed by atoms with Crippen LogP contribution in [0.25, 0.3) is 0 Å². The highest BCUT2D eigenvalue weighted by Gasteiger charge is 2.00. The number of carbonyl (C=O) groups excluding carboxylic acids is 1. The number of hydrogen-bond donors (Lipinski definition) is 9. The molecule has 10 nitrogen and oxygen atoms in total. The molecule has 0 saturated heterocycles. The second-order valence-corrected chi connectivity index (χ2v) is 8.56. The van der Waals surface area contributed by atoms with Crippen molar-refractivity contribution in [1.82, 2.24) is 42.5 Å². The van der Waals surface area contributed by atoms with Crippen molar-refractivity contribution in [1.29, 1.82) is 0 Å². The Kier molecular flexibility index (Phi) is 26.7. The maximum Gasteiger partial charge on any atom is 0.220 e. The van der Waals surface area contributed by atoms with Gasteiger partial charge in [-0.25, -0.2) is 0 Å². The first-order valence-corrected chi connectivity index (χ1v) is 13.1. The van der Waals surface area contributed by atoms with Crippen molar-refractivity contribution >= 4 is 5.91 Å². The summed E-state index contributed by atoms with van der Waals surface area (Å²) in [5.41, 5.74) is 5.42. The summed E-state index contributed by atoms with van der Waals surface area (Å²) in [5, 5.41) is 26.6. The van der Waals surface area contributed by atoms with E-state index < -0.39 is 0 Å². The van der Waals surface area contributed by atoms with Gasteiger partial charge in [0.25, 0.3) is 0 Å². The van der Waals surface area contributed by atoms with Crippen LogP contribution in [-0.2, 0) is 4.79 Å². The average Bonchev–Trinajstić information content (AvgIpc) is 2.79. The predicted octanol–water partition coefficient (Wildman–Crippen LogP) is -1.84. The third kappa shape index (κ3) is 29.1. The number of nitrogens with two attached hydrogens (primary N) is 1. The number of carbonyl (C=O) groups is 1. The van der Waals surface area contributed by atoms with Crippen molar-refractivity contribution in [3.63, 3.8) is 0 Å². The zero-order valence-corrected chi connectivity index (χ0v) is 21.5. The lowest BCUT2D eigenvalue weighted by atomic mass is 10.2. The van der Waals surface area contributed by atoms with Crippen LogP contribution < -0.4 is 48.3 Å². The quantitative estimate of drug-likeness (QED) is 0.0630. The SMILES string of the molecule is CC(C)NCCCCCC(=O)NCCNCCNCCNCCNCCNCCNCCN. The Morgan fingerprint density at radius 2 is 1.00 bits per heavy atom. The smallest absolute Gasteiger partial charge is 0.220 e. The van der Waals surface area contributed by atoms with Crippen LogP contribution in [-0.4, -0.2) is 110 Å². The molecule has 0 aliphatic heterocycles. The van der Waals surface area contributed by atoms with E-state index in [-0.39, 0.29) is 5.91 Å². The molecule has 0 bridgehead atoms. The maximum atomic E-state index is 11.8. The fourth-order valence-electron chi connectivity index (χ4n) is 3.09. The Hall–Kier alpha value is -0.850. The third-order valence-electron chi connectivity index (χ3n) is 4.97. The summed E-state index contributed by atoms with van der Waals surface area (Å²) in [5.74, 6) is 0.166. The van der Waals surface area contributed by atoms with E-state index >= 15 is 0 Å². The van der Waals surface area contributed by atoms with E-state index in [1.54, 1.807) is 0 Å². The Bertz CT molecular complexity index is 400. The van der Waals surface area contributed by atoms with Gasteiger partial charge in [0, 0.05) is 104 Å². The lowest BCUT2D eigenvalue weighted by molar-refractivity contribution is -0.121. The minimum absolute atomic E-state index is 0.166. The van der Waals surface area contributed by atoms with E-state index in [9.17, 15) is 4.79 Å². The van der Waals surface area contributed by atoms with Gasteiger partial charge in [-0.05, 0) is 19.4 Å². The summed E-state index contributed by atoms with van der Waals surface area (Å²) in [6.07, 6.45) is 3.85. The third-order valence-corrected chi connectivity index (χ3v) is 4.97. The zero-order chi connectivity index (χ0) is 24.2. The van der Waals surface area contributed by atoms with E-state index in [1.165, 1.54) is 0 Å². The highest BCUT2D eigenvalue weighted by atomic mass is 16.1. The number of hydrogen-bond acceptors (Lipinski definition) is 9. The number of unbranched alkanes of at least 4 members (excludes halogenated alkanes) is 2. The molecule has 0 aliphatic rings. The Morgan fingerprint density at radius 3 is 1.42 bits per heavy atom. The molecule has 1 amide bonds. The largest absolute Gasteiger partial charge is 0.355 e. The standard InChI is InChI=1S/C23H55N9O/c1-22(2)31-8-5-3-4-6-23(33)32-21-20-30-19-18-29-17-16-28-15-14-27-13-12-26-11-10-25-9-7-24/h22,25-31H,3-21,24H2,1-2H3,(H,32,33). The van der Waals surface area contributed by atoms with Crippen molar-refractivity contribution in [2.24, 2.45) is 5.73 Å². The van der Waals surface area contributed by atoms with Gasteiger partial charge in [-0.3, -0.25) is 4.79 Å². The van der Waals surface area contributed by atoms with Crippen LogP contribution in [0.5, 0.6) is 0 Å². The number of rotatable bonds is 27. The van der Waals surface area contributed by atoms with Gasteiger partial charge in [-0.15, -0.1) is 0 Å². The fraction of sp³-hybridized carbons (Fsp3) is 0.957. The van der Waals surface area contributed by atoms with Crippen molar-refractivity contribution in [3.05, 3.63) is 0 Å². The van der Waals surface area contributed by atoms with E-state index in [4.69, 9.17) is 5.73 Å². The molecular formula is C23H55N9O. The molecule has 0 fully saturated rings. The molecule has 0 aromatic carbocycles. The normalized spacial score (nSPS) is 11.4. The lowest BCUT2D eigenvalue weighted by Crippen LogP contribution is -2.38. The predicted molar refractivity (Wildman–Crippen MR) is 141 cm³/mol. The van der Waals surface area contributed by atoms with Crippen LogP contribution >= 0.6 is 0 Å². The number of amides is 1. The van der Waals surface area contributed by atoms with Gasteiger partial charge >= 0.3 is 0 Å². The molecule has 10 N–H and O–H groups in total. The molecule has 0 rings (SSSR count). The second kappa shape index (κ2) is 27.4. The van der Waals surface area contributed by atoms with Crippen LogP contribution in [0.15, 0.2) is 0 Å². The summed E-state index contributed by atoms with van der Waals surface area (Å²) in [4.78, 5) is 11.8. The molecule has 0 radical (unpaired) electrons. The molecule has 198 valence electrons. The van der Waals surface area contributed by atoms with Gasteiger partial charge in [0.2, 0.25) is 5.91 Å². The minimum atomic E-state index is 0.166. The van der Waals surface area contributed by atoms with Crippen LogP contribution in [0.4, 0.5) is 0 Å². The molecule has 10 heteroatoms. The topological polar surface area (TPSA) is 139 Å². The Morgan fingerprint density at radius 1 is 0.576 bits per heavy atom. The zero-order valence-electron chi connectivity index (χ0n) is 21.5. The van der Waals surface area contributed by atoms with Crippen molar-refractivity contribution in [3.8, 4) is 0 Å². The first-order chi connectivity index (χ1) is 16.2. The van der Waals surface area contributed by atoms with Crippen LogP contribution in [0, 0.1) is 0 Å². The van der Waals surface area contributed by atoms with Crippen LogP contribution in [0.1, 0.15) is 39.5 Å². The van der Waals surface area contributed by atoms with Gasteiger partial charge in [0.1, 0.15) is 0 Å². The Labute approximate surface area is 203 Å². The maximum absolute atomic E-state index is 11.8. The molecule has 0 heterocycles. The van der Waals surface area contributed by atoms with E-state index in [0.717, 1.165) is 104 Å². The van der Waals surface area contributed by atoms with E-state index in [1.807, 2.05) is 0 Å². The van der Waals surface area contributed by atoms with E-state index in [0.29, 0.717) is 25.6 Å². The lowest BCUT2D eigenvalue weighted by Gasteiger charge is -2.10. The molecule has 0 aliphatic carbocycles. The first kappa shape index (κ1) is 32.1. The van der Waals surface area contributed by atoms with Crippen LogP contribution in [0.3, 0.4) is 0 Å². The van der Waals surface area contributed by atoms with E-state index in [2.05, 4.69) is 56.4 Å². The monoisotopic (exact) mass is 473 g/mol. The average molecular weight is 474 g/mol. The molecule has 0 spiro atoms. The fourth-order valence-corrected chi connectivity index (χ4v) is 3.09. The molecule has 33 heavy (non-hydrogen) atoms. The highest BCUT2D eigenvalue weighted by Crippen LogP contribution is 1.99.